The minimum atomic E-state index is -0.457. The predicted molar refractivity (Wildman–Crippen MR) is 166 cm³/mol. The molecule has 0 spiro atoms. The summed E-state index contributed by atoms with van der Waals surface area (Å²) in [6.45, 7) is 5.81. The molecule has 42 heavy (non-hydrogen) atoms. The van der Waals surface area contributed by atoms with Crippen molar-refractivity contribution >= 4 is 39.1 Å². The van der Waals surface area contributed by atoms with E-state index in [4.69, 9.17) is 26.3 Å². The number of hydrogen-bond donors (Lipinski definition) is 0. The van der Waals surface area contributed by atoms with Gasteiger partial charge in [0, 0.05) is 41.3 Å². The molecule has 4 atom stereocenters. The SMILES string of the molecule is CCC1CCC2(COc3nc(N4CC5CCC(C5)C4)c4cnc(-c5cccc6cccc(Cl)c56)c(F)c4n3)CCCN12. The molecule has 4 fully saturated rings. The Balaban J connectivity index is 1.23. The van der Waals surface area contributed by atoms with Gasteiger partial charge in [-0.25, -0.2) is 4.39 Å². The van der Waals surface area contributed by atoms with Gasteiger partial charge in [0.1, 0.15) is 23.6 Å². The molecule has 5 heterocycles. The normalized spacial score (nSPS) is 27.3. The summed E-state index contributed by atoms with van der Waals surface area (Å²) in [6, 6.07) is 12.4. The summed E-state index contributed by atoms with van der Waals surface area (Å²) < 4.78 is 23.2. The standard InChI is InChI=1S/C34H37ClFN5O/c1-2-24-12-14-34(13-5-15-41(24)34)20-42-33-38-31-26(32(39-33)40-18-21-10-11-22(16-21)19-40)17-37-30(29(31)36)25-8-3-6-23-7-4-9-27(35)28(23)25/h3-4,6-9,17,21-22,24H,2,5,10-16,18-20H2,1H3. The van der Waals surface area contributed by atoms with Crippen LogP contribution in [0, 0.1) is 17.7 Å². The highest BCUT2D eigenvalue weighted by Gasteiger charge is 2.49. The van der Waals surface area contributed by atoms with Crippen LogP contribution < -0.4 is 9.64 Å². The molecule has 2 bridgehead atoms. The number of ether oxygens (including phenoxy) is 1. The first-order chi connectivity index (χ1) is 20.5. The highest BCUT2D eigenvalue weighted by Crippen LogP contribution is 2.44. The van der Waals surface area contributed by atoms with Gasteiger partial charge in [0.05, 0.1) is 10.9 Å². The van der Waals surface area contributed by atoms with Gasteiger partial charge in [-0.3, -0.25) is 9.88 Å². The fraction of sp³-hybridized carbons (Fsp3) is 0.500. The maximum absolute atomic E-state index is 16.7. The molecule has 1 aliphatic carbocycles. The molecule has 3 saturated heterocycles. The van der Waals surface area contributed by atoms with Crippen LogP contribution in [0.25, 0.3) is 32.9 Å². The van der Waals surface area contributed by atoms with Gasteiger partial charge in [0.2, 0.25) is 0 Å². The second-order valence-corrected chi connectivity index (χ2v) is 13.4. The molecule has 4 aliphatic rings. The minimum absolute atomic E-state index is 0.0328. The number of fused-ring (bicyclic) bond motifs is 5. The summed E-state index contributed by atoms with van der Waals surface area (Å²) in [7, 11) is 0. The van der Waals surface area contributed by atoms with Crippen molar-refractivity contribution in [3.05, 3.63) is 53.4 Å². The molecule has 2 aromatic carbocycles. The van der Waals surface area contributed by atoms with E-state index in [2.05, 4.69) is 21.7 Å². The molecule has 4 unspecified atom stereocenters. The van der Waals surface area contributed by atoms with Crippen LogP contribution in [0.15, 0.2) is 42.6 Å². The smallest absolute Gasteiger partial charge is 0.319 e. The fourth-order valence-electron chi connectivity index (χ4n) is 8.63. The number of nitrogens with zero attached hydrogens (tertiary/aromatic N) is 5. The molecule has 8 rings (SSSR count). The number of benzene rings is 2. The Labute approximate surface area is 251 Å². The molecule has 0 N–H and O–H groups in total. The lowest BCUT2D eigenvalue weighted by Crippen LogP contribution is -2.46. The Kier molecular flexibility index (Phi) is 6.52. The third-order valence-electron chi connectivity index (χ3n) is 10.6. The Hall–Kier alpha value is -3.03. The van der Waals surface area contributed by atoms with E-state index in [1.165, 1.54) is 32.1 Å². The van der Waals surface area contributed by atoms with Crippen LogP contribution in [0.3, 0.4) is 0 Å². The molecule has 1 saturated carbocycles. The van der Waals surface area contributed by atoms with Gasteiger partial charge in [-0.2, -0.15) is 9.97 Å². The fourth-order valence-corrected chi connectivity index (χ4v) is 8.91. The van der Waals surface area contributed by atoms with Gasteiger partial charge in [-0.15, -0.1) is 0 Å². The van der Waals surface area contributed by atoms with E-state index in [1.54, 1.807) is 6.20 Å². The molecule has 6 nitrogen and oxygen atoms in total. The number of aromatic nitrogens is 3. The second kappa shape index (κ2) is 10.3. The van der Waals surface area contributed by atoms with Crippen molar-refractivity contribution in [3.8, 4) is 17.3 Å². The van der Waals surface area contributed by atoms with Crippen molar-refractivity contribution < 1.29 is 9.13 Å². The van der Waals surface area contributed by atoms with Gasteiger partial charge in [-0.05, 0) is 81.2 Å². The number of pyridine rings is 1. The topological polar surface area (TPSA) is 54.4 Å². The number of halogens is 2. The van der Waals surface area contributed by atoms with Crippen LogP contribution in [0.2, 0.25) is 5.02 Å². The zero-order chi connectivity index (χ0) is 28.4. The summed E-state index contributed by atoms with van der Waals surface area (Å²) >= 11 is 6.63. The number of piperidine rings is 1. The molecule has 0 amide bonds. The predicted octanol–water partition coefficient (Wildman–Crippen LogP) is 7.66. The monoisotopic (exact) mass is 585 g/mol. The quantitative estimate of drug-likeness (QED) is 0.231. The Bertz CT molecular complexity index is 1660. The minimum Gasteiger partial charge on any atom is -0.461 e. The van der Waals surface area contributed by atoms with E-state index in [0.717, 1.165) is 55.5 Å². The highest BCUT2D eigenvalue weighted by atomic mass is 35.5. The van der Waals surface area contributed by atoms with Gasteiger partial charge in [0.25, 0.3) is 0 Å². The maximum atomic E-state index is 16.7. The number of anilines is 1. The molecular formula is C34H37ClFN5O. The zero-order valence-corrected chi connectivity index (χ0v) is 24.9. The molecule has 218 valence electrons. The van der Waals surface area contributed by atoms with Crippen molar-refractivity contribution in [2.75, 3.05) is 31.1 Å². The molecule has 3 aliphatic heterocycles. The van der Waals surface area contributed by atoms with Crippen molar-refractivity contribution in [1.82, 2.24) is 19.9 Å². The average molecular weight is 586 g/mol. The van der Waals surface area contributed by atoms with E-state index < -0.39 is 5.82 Å². The zero-order valence-electron chi connectivity index (χ0n) is 24.2. The van der Waals surface area contributed by atoms with E-state index in [9.17, 15) is 0 Å². The van der Waals surface area contributed by atoms with Crippen molar-refractivity contribution in [2.24, 2.45) is 11.8 Å². The molecule has 4 aromatic rings. The molecular weight excluding hydrogens is 549 g/mol. The summed E-state index contributed by atoms with van der Waals surface area (Å²) in [5.74, 6) is 1.60. The summed E-state index contributed by atoms with van der Waals surface area (Å²) in [4.78, 5) is 19.4. The Morgan fingerprint density at radius 3 is 2.67 bits per heavy atom. The van der Waals surface area contributed by atoms with Crippen LogP contribution in [0.5, 0.6) is 6.01 Å². The first-order valence-corrected chi connectivity index (χ1v) is 16.1. The lowest BCUT2D eigenvalue weighted by molar-refractivity contribution is 0.0836. The Morgan fingerprint density at radius 1 is 1.05 bits per heavy atom. The summed E-state index contributed by atoms with van der Waals surface area (Å²) in [5.41, 5.74) is 1.21. The Morgan fingerprint density at radius 2 is 1.86 bits per heavy atom. The van der Waals surface area contributed by atoms with Gasteiger partial charge in [-0.1, -0.05) is 48.9 Å². The summed E-state index contributed by atoms with van der Waals surface area (Å²) in [6.07, 6.45) is 11.4. The average Bonchev–Trinajstić information content (AvgIpc) is 3.68. The first kappa shape index (κ1) is 26.6. The van der Waals surface area contributed by atoms with E-state index in [0.29, 0.717) is 40.5 Å². The van der Waals surface area contributed by atoms with E-state index in [-0.39, 0.29) is 22.8 Å². The van der Waals surface area contributed by atoms with Crippen molar-refractivity contribution in [3.63, 3.8) is 0 Å². The second-order valence-electron chi connectivity index (χ2n) is 13.0. The third kappa shape index (κ3) is 4.26. The van der Waals surface area contributed by atoms with Crippen molar-refractivity contribution in [1.29, 1.82) is 0 Å². The molecule has 0 radical (unpaired) electrons. The maximum Gasteiger partial charge on any atom is 0.319 e. The van der Waals surface area contributed by atoms with E-state index >= 15 is 4.39 Å². The highest BCUT2D eigenvalue weighted by molar-refractivity contribution is 6.36. The lowest BCUT2D eigenvalue weighted by atomic mass is 9.95. The van der Waals surface area contributed by atoms with Gasteiger partial charge in [0.15, 0.2) is 5.82 Å². The van der Waals surface area contributed by atoms with Crippen LogP contribution in [0.1, 0.15) is 58.3 Å². The van der Waals surface area contributed by atoms with Gasteiger partial charge >= 0.3 is 6.01 Å². The van der Waals surface area contributed by atoms with Crippen LogP contribution in [-0.4, -0.2) is 57.7 Å². The molecule has 2 aromatic heterocycles. The third-order valence-corrected chi connectivity index (χ3v) is 10.9. The number of hydrogen-bond acceptors (Lipinski definition) is 6. The van der Waals surface area contributed by atoms with E-state index in [1.807, 2.05) is 36.4 Å². The van der Waals surface area contributed by atoms with Crippen LogP contribution in [-0.2, 0) is 0 Å². The van der Waals surface area contributed by atoms with Crippen LogP contribution in [0.4, 0.5) is 10.2 Å². The first-order valence-electron chi connectivity index (χ1n) is 15.7. The van der Waals surface area contributed by atoms with Gasteiger partial charge < -0.3 is 9.64 Å². The number of rotatable bonds is 6. The van der Waals surface area contributed by atoms with Crippen molar-refractivity contribution in [2.45, 2.75) is 69.9 Å². The molecule has 8 heteroatoms. The largest absolute Gasteiger partial charge is 0.461 e. The summed E-state index contributed by atoms with van der Waals surface area (Å²) in [5, 5.41) is 2.95. The van der Waals surface area contributed by atoms with Crippen LogP contribution >= 0.6 is 11.6 Å². The lowest BCUT2D eigenvalue weighted by Gasteiger charge is -2.35.